The topological polar surface area (TPSA) is 131 Å². The van der Waals surface area contributed by atoms with E-state index in [0.717, 1.165) is 41.5 Å². The number of rotatable bonds is 13. The third-order valence-electron chi connectivity index (χ3n) is 6.05. The summed E-state index contributed by atoms with van der Waals surface area (Å²) in [6, 6.07) is 15.5. The first-order valence-corrected chi connectivity index (χ1v) is 14.8. The van der Waals surface area contributed by atoms with Crippen molar-refractivity contribution in [3.63, 3.8) is 0 Å². The number of hydrogen-bond donors (Lipinski definition) is 2. The molecule has 10 nitrogen and oxygen atoms in total. The molecule has 0 saturated carbocycles. The quantitative estimate of drug-likeness (QED) is 0.159. The molecule has 0 amide bonds. The zero-order valence-electron chi connectivity index (χ0n) is 22.8. The maximum atomic E-state index is 13.9. The Hall–Kier alpha value is -3.46. The molecule has 2 atom stereocenters. The Kier molecular flexibility index (Phi) is 9.22. The molecule has 2 aromatic heterocycles. The second-order valence-corrected chi connectivity index (χ2v) is 11.3. The third kappa shape index (κ3) is 6.95. The highest BCUT2D eigenvalue weighted by Crippen LogP contribution is 2.45. The van der Waals surface area contributed by atoms with Crippen LogP contribution in [-0.2, 0) is 31.6 Å². The summed E-state index contributed by atoms with van der Waals surface area (Å²) in [6.07, 6.45) is 2.38. The van der Waals surface area contributed by atoms with Gasteiger partial charge in [-0.3, -0.25) is 9.32 Å². The molecule has 0 radical (unpaired) electrons. The van der Waals surface area contributed by atoms with Crippen molar-refractivity contribution >= 4 is 41.5 Å². The molecule has 0 bridgehead atoms. The van der Waals surface area contributed by atoms with Gasteiger partial charge in [0.25, 0.3) is 0 Å². The van der Waals surface area contributed by atoms with Gasteiger partial charge >= 0.3 is 13.7 Å². The van der Waals surface area contributed by atoms with E-state index in [1.54, 1.807) is 45.0 Å². The number of carbonyl (C=O) groups is 1. The number of pyridine rings is 1. The summed E-state index contributed by atoms with van der Waals surface area (Å²) < 4.78 is 32.9. The second-order valence-electron chi connectivity index (χ2n) is 9.57. The van der Waals surface area contributed by atoms with Crippen molar-refractivity contribution in [1.29, 1.82) is 0 Å². The van der Waals surface area contributed by atoms with Gasteiger partial charge in [-0.1, -0.05) is 49.7 Å². The molecule has 3 N–H and O–H groups in total. The van der Waals surface area contributed by atoms with Crippen molar-refractivity contribution in [3.05, 3.63) is 60.4 Å². The molecule has 1 unspecified atom stereocenters. The van der Waals surface area contributed by atoms with Crippen LogP contribution in [0.5, 0.6) is 5.75 Å². The summed E-state index contributed by atoms with van der Waals surface area (Å²) in [7, 11) is -3.99. The fraction of sp³-hybridized carbons (Fsp3) is 0.393. The number of aromatic nitrogens is 3. The molecule has 0 saturated heterocycles. The number of ether oxygens (including phenoxy) is 1. The minimum Gasteiger partial charge on any atom is -0.462 e. The van der Waals surface area contributed by atoms with Gasteiger partial charge in [0.15, 0.2) is 5.82 Å². The van der Waals surface area contributed by atoms with E-state index in [9.17, 15) is 9.36 Å². The zero-order chi connectivity index (χ0) is 28.0. The summed E-state index contributed by atoms with van der Waals surface area (Å²) in [5, 5.41) is 3.65. The summed E-state index contributed by atoms with van der Waals surface area (Å²) in [5.74, 6) is 1.00. The minimum atomic E-state index is -3.99. The number of benzene rings is 2. The van der Waals surface area contributed by atoms with E-state index >= 15 is 0 Å². The van der Waals surface area contributed by atoms with E-state index < -0.39 is 19.8 Å². The molecule has 0 fully saturated rings. The van der Waals surface area contributed by atoms with Crippen LogP contribution in [-0.4, -0.2) is 39.3 Å². The van der Waals surface area contributed by atoms with E-state index in [1.807, 2.05) is 30.3 Å². The summed E-state index contributed by atoms with van der Waals surface area (Å²) in [6.45, 7) is 7.53. The predicted molar refractivity (Wildman–Crippen MR) is 153 cm³/mol. The Morgan fingerprint density at radius 1 is 1.08 bits per heavy atom. The molecule has 4 rings (SSSR count). The number of carbonyl (C=O) groups excluding carboxylic acids is 1. The summed E-state index contributed by atoms with van der Waals surface area (Å²) in [5.41, 5.74) is 8.55. The second kappa shape index (κ2) is 12.6. The van der Waals surface area contributed by atoms with E-state index in [-0.39, 0.29) is 12.7 Å². The predicted octanol–water partition coefficient (Wildman–Crippen LogP) is 5.64. The molecule has 11 heteroatoms. The lowest BCUT2D eigenvalue weighted by Gasteiger charge is -2.23. The highest BCUT2D eigenvalue weighted by atomic mass is 31.2. The van der Waals surface area contributed by atoms with Crippen LogP contribution in [0.15, 0.2) is 54.6 Å². The van der Waals surface area contributed by atoms with Crippen molar-refractivity contribution in [1.82, 2.24) is 19.6 Å². The van der Waals surface area contributed by atoms with Crippen LogP contribution in [0, 0.1) is 0 Å². The van der Waals surface area contributed by atoms with Crippen molar-refractivity contribution < 1.29 is 23.1 Å². The molecule has 2 aromatic carbocycles. The molecule has 208 valence electrons. The zero-order valence-corrected chi connectivity index (χ0v) is 23.7. The SMILES string of the molecule is CCCCc1nc2c(N)nc3ccccc3c2n1CCOP(=O)(N[C@H](C)C(=O)OC(C)C)Oc1ccccc1. The number of nitrogens with two attached hydrogens (primary N) is 1. The van der Waals surface area contributed by atoms with E-state index in [0.29, 0.717) is 23.6 Å². The number of nitrogens with zero attached hydrogens (tertiary/aromatic N) is 3. The fourth-order valence-electron chi connectivity index (χ4n) is 4.26. The Labute approximate surface area is 228 Å². The van der Waals surface area contributed by atoms with Crippen LogP contribution in [0.25, 0.3) is 21.9 Å². The van der Waals surface area contributed by atoms with Gasteiger partial charge in [-0.2, -0.15) is 5.09 Å². The van der Waals surface area contributed by atoms with Crippen molar-refractivity contribution in [2.75, 3.05) is 12.3 Å². The Morgan fingerprint density at radius 2 is 1.79 bits per heavy atom. The van der Waals surface area contributed by atoms with Gasteiger partial charge in [0.05, 0.1) is 23.7 Å². The number of esters is 1. The molecule has 2 heterocycles. The average molecular weight is 554 g/mol. The number of unbranched alkanes of at least 4 members (excludes halogenated alkanes) is 1. The number of aryl methyl sites for hydroxylation is 1. The monoisotopic (exact) mass is 553 g/mol. The van der Waals surface area contributed by atoms with Crippen LogP contribution < -0.4 is 15.3 Å². The van der Waals surface area contributed by atoms with Gasteiger partial charge in [-0.05, 0) is 45.4 Å². The van der Waals surface area contributed by atoms with Crippen LogP contribution in [0.3, 0.4) is 0 Å². The number of anilines is 1. The fourth-order valence-corrected chi connectivity index (χ4v) is 5.74. The van der Waals surface area contributed by atoms with Gasteiger partial charge in [-0.25, -0.2) is 14.5 Å². The first kappa shape index (κ1) is 28.5. The lowest BCUT2D eigenvalue weighted by Crippen LogP contribution is -2.36. The maximum absolute atomic E-state index is 13.9. The highest BCUT2D eigenvalue weighted by Gasteiger charge is 2.32. The van der Waals surface area contributed by atoms with Crippen LogP contribution in [0.1, 0.15) is 46.4 Å². The molecule has 0 spiro atoms. The molecule has 4 aromatic rings. The maximum Gasteiger partial charge on any atom is 0.459 e. The van der Waals surface area contributed by atoms with Crippen LogP contribution in [0.4, 0.5) is 5.82 Å². The first-order valence-electron chi connectivity index (χ1n) is 13.2. The number of nitrogens with one attached hydrogen (secondary N) is 1. The standard InChI is InChI=1S/C28H36N5O5P/c1-5-6-16-24-31-25-26(22-14-10-11-15-23(22)30-27(25)29)33(24)17-18-36-39(35,38-21-12-8-7-9-13-21)32-20(4)28(34)37-19(2)3/h7-15,19-20H,5-6,16-18H2,1-4H3,(H2,29,30)(H,32,35)/t20-,39?/m1/s1. The van der Waals surface area contributed by atoms with Crippen molar-refractivity contribution in [3.8, 4) is 5.75 Å². The van der Waals surface area contributed by atoms with Crippen LogP contribution >= 0.6 is 7.75 Å². The van der Waals surface area contributed by atoms with Gasteiger partial charge in [0, 0.05) is 18.4 Å². The lowest BCUT2D eigenvalue weighted by atomic mass is 10.2. The van der Waals surface area contributed by atoms with Gasteiger partial charge in [0.1, 0.15) is 23.1 Å². The number of imidazole rings is 1. The Bertz CT molecular complexity index is 1470. The summed E-state index contributed by atoms with van der Waals surface area (Å²) in [4.78, 5) is 21.8. The minimum absolute atomic E-state index is 0.0181. The number of fused-ring (bicyclic) bond motifs is 3. The van der Waals surface area contributed by atoms with Gasteiger partial charge in [-0.15, -0.1) is 0 Å². The summed E-state index contributed by atoms with van der Waals surface area (Å²) >= 11 is 0. The molecule has 0 aliphatic carbocycles. The molecule has 39 heavy (non-hydrogen) atoms. The number of hydrogen-bond acceptors (Lipinski definition) is 8. The molecule has 0 aliphatic rings. The van der Waals surface area contributed by atoms with E-state index in [2.05, 4.69) is 21.6 Å². The van der Waals surface area contributed by atoms with Crippen molar-refractivity contribution in [2.45, 2.75) is 65.6 Å². The number of nitrogen functional groups attached to an aromatic ring is 1. The molecular weight excluding hydrogens is 517 g/mol. The number of para-hydroxylation sites is 2. The Balaban J connectivity index is 1.63. The largest absolute Gasteiger partial charge is 0.462 e. The van der Waals surface area contributed by atoms with E-state index in [4.69, 9.17) is 24.5 Å². The third-order valence-corrected chi connectivity index (χ3v) is 7.72. The smallest absolute Gasteiger partial charge is 0.459 e. The highest BCUT2D eigenvalue weighted by molar-refractivity contribution is 7.52. The van der Waals surface area contributed by atoms with Gasteiger partial charge < -0.3 is 19.6 Å². The lowest BCUT2D eigenvalue weighted by molar-refractivity contribution is -0.149. The van der Waals surface area contributed by atoms with E-state index in [1.165, 1.54) is 0 Å². The van der Waals surface area contributed by atoms with Gasteiger partial charge in [0.2, 0.25) is 0 Å². The molecule has 0 aliphatic heterocycles. The first-order chi connectivity index (χ1) is 18.7. The Morgan fingerprint density at radius 3 is 2.51 bits per heavy atom. The van der Waals surface area contributed by atoms with Crippen LogP contribution in [0.2, 0.25) is 0 Å². The normalized spacial score (nSPS) is 14.0. The molecular formula is C28H36N5O5P. The average Bonchev–Trinajstić information content (AvgIpc) is 3.26. The van der Waals surface area contributed by atoms with Crippen molar-refractivity contribution in [2.24, 2.45) is 0 Å².